The van der Waals surface area contributed by atoms with E-state index < -0.39 is 9.85 Å². The van der Waals surface area contributed by atoms with Gasteiger partial charge in [-0.3, -0.25) is 20.2 Å². The monoisotopic (exact) mass is 454 g/mol. The van der Waals surface area contributed by atoms with Crippen molar-refractivity contribution in [1.82, 2.24) is 20.2 Å². The lowest BCUT2D eigenvalue weighted by Gasteiger charge is -2.06. The van der Waals surface area contributed by atoms with Crippen LogP contribution in [0, 0.1) is 20.2 Å². The molecule has 0 saturated carbocycles. The molecule has 156 valence electrons. The molecular weight excluding hydrogens is 440 g/mol. The minimum Gasteiger partial charge on any atom is -0.342 e. The maximum absolute atomic E-state index is 11.2. The summed E-state index contributed by atoms with van der Waals surface area (Å²) in [6, 6.07) is 13.1. The Bertz CT molecular complexity index is 1180. The summed E-state index contributed by atoms with van der Waals surface area (Å²) in [4.78, 5) is 29.0. The lowest BCUT2D eigenvalue weighted by atomic mass is 10.2. The van der Waals surface area contributed by atoms with Crippen LogP contribution in [0.25, 0.3) is 11.0 Å². The molecule has 0 bridgehead atoms. The average Bonchev–Trinajstić information content (AvgIpc) is 3.27. The van der Waals surface area contributed by atoms with Crippen molar-refractivity contribution in [1.29, 1.82) is 0 Å². The molecule has 4 rings (SSSR count). The largest absolute Gasteiger partial charge is 0.342 e. The fourth-order valence-electron chi connectivity index (χ4n) is 2.92. The molecule has 0 saturated heterocycles. The third-order valence-electron chi connectivity index (χ3n) is 4.39. The molecule has 0 spiro atoms. The molecule has 0 aliphatic carbocycles. The minimum absolute atomic E-state index is 0.0536. The molecular formula is C19H14N6O4S2. The van der Waals surface area contributed by atoms with E-state index in [0.29, 0.717) is 43.7 Å². The zero-order valence-electron chi connectivity index (χ0n) is 15.8. The number of thioether (sulfide) groups is 2. The second-order valence-electron chi connectivity index (χ2n) is 6.29. The van der Waals surface area contributed by atoms with Crippen LogP contribution in [0.15, 0.2) is 64.9 Å². The van der Waals surface area contributed by atoms with E-state index >= 15 is 0 Å². The quantitative estimate of drug-likeness (QED) is 0.227. The van der Waals surface area contributed by atoms with Crippen molar-refractivity contribution < 1.29 is 9.85 Å². The van der Waals surface area contributed by atoms with E-state index in [2.05, 4.69) is 20.2 Å². The summed E-state index contributed by atoms with van der Waals surface area (Å²) in [5.74, 6) is 0.694. The first-order valence-electron chi connectivity index (χ1n) is 8.94. The summed E-state index contributed by atoms with van der Waals surface area (Å²) >= 11 is 2.63. The maximum atomic E-state index is 11.2. The second-order valence-corrected chi connectivity index (χ2v) is 8.21. The van der Waals surface area contributed by atoms with Crippen molar-refractivity contribution in [2.45, 2.75) is 21.6 Å². The van der Waals surface area contributed by atoms with Gasteiger partial charge in [-0.15, -0.1) is 10.2 Å². The number of H-pyrrole nitrogens is 1. The highest BCUT2D eigenvalue weighted by atomic mass is 32.2. The maximum Gasteiger partial charge on any atom is 0.273 e. The van der Waals surface area contributed by atoms with E-state index in [1.807, 2.05) is 0 Å². The number of hydrogen-bond donors (Lipinski definition) is 1. The smallest absolute Gasteiger partial charge is 0.273 e. The van der Waals surface area contributed by atoms with Crippen LogP contribution in [-0.4, -0.2) is 30.0 Å². The van der Waals surface area contributed by atoms with Gasteiger partial charge in [0.2, 0.25) is 0 Å². The van der Waals surface area contributed by atoms with E-state index in [4.69, 9.17) is 0 Å². The number of rotatable bonds is 8. The van der Waals surface area contributed by atoms with Crippen LogP contribution >= 0.6 is 23.5 Å². The summed E-state index contributed by atoms with van der Waals surface area (Å²) in [5.41, 5.74) is 2.55. The molecule has 0 aliphatic heterocycles. The van der Waals surface area contributed by atoms with Gasteiger partial charge in [0.1, 0.15) is 21.1 Å². The Kier molecular flexibility index (Phi) is 6.09. The number of benzene rings is 2. The average molecular weight is 454 g/mol. The standard InChI is InChI=1S/C19H14N6O4S2/c26-24(27)14-7-3-1-5-12(14)9-30-18-16-17(21-11-20-16)19(23-22-18)31-10-13-6-2-4-8-15(13)25(28)29/h1-8,11H,9-10H2,(H,20,21). The molecule has 0 atom stereocenters. The zero-order valence-corrected chi connectivity index (χ0v) is 17.4. The minimum atomic E-state index is -0.409. The molecule has 0 radical (unpaired) electrons. The second kappa shape index (κ2) is 9.10. The summed E-state index contributed by atoms with van der Waals surface area (Å²) in [6.07, 6.45) is 1.53. The highest BCUT2D eigenvalue weighted by molar-refractivity contribution is 7.99. The van der Waals surface area contributed by atoms with Crippen molar-refractivity contribution in [3.8, 4) is 0 Å². The third-order valence-corrected chi connectivity index (χ3v) is 6.41. The highest BCUT2D eigenvalue weighted by Crippen LogP contribution is 2.34. The Morgan fingerprint density at radius 2 is 1.32 bits per heavy atom. The van der Waals surface area contributed by atoms with Crippen molar-refractivity contribution in [3.05, 3.63) is 86.2 Å². The van der Waals surface area contributed by atoms with Crippen LogP contribution in [0.5, 0.6) is 0 Å². The molecule has 0 aliphatic rings. The number of nitrogens with zero attached hydrogens (tertiary/aromatic N) is 5. The van der Waals surface area contributed by atoms with Gasteiger partial charge in [-0.05, 0) is 0 Å². The summed E-state index contributed by atoms with van der Waals surface area (Å²) in [6.45, 7) is 0. The summed E-state index contributed by atoms with van der Waals surface area (Å²) < 4.78 is 0. The van der Waals surface area contributed by atoms with Crippen molar-refractivity contribution in [3.63, 3.8) is 0 Å². The predicted molar refractivity (Wildman–Crippen MR) is 117 cm³/mol. The molecule has 31 heavy (non-hydrogen) atoms. The lowest BCUT2D eigenvalue weighted by molar-refractivity contribution is -0.385. The fourth-order valence-corrected chi connectivity index (χ4v) is 4.78. The van der Waals surface area contributed by atoms with Gasteiger partial charge in [-0.2, -0.15) is 0 Å². The van der Waals surface area contributed by atoms with E-state index in [-0.39, 0.29) is 11.4 Å². The number of imidazole rings is 1. The number of fused-ring (bicyclic) bond motifs is 1. The van der Waals surface area contributed by atoms with Crippen LogP contribution in [0.4, 0.5) is 11.4 Å². The normalized spacial score (nSPS) is 11.0. The summed E-state index contributed by atoms with van der Waals surface area (Å²) in [5, 5.41) is 32.0. The van der Waals surface area contributed by atoms with Gasteiger partial charge in [-0.1, -0.05) is 59.9 Å². The Labute approximate surface area is 183 Å². The number of nitrogens with one attached hydrogen (secondary N) is 1. The van der Waals surface area contributed by atoms with Gasteiger partial charge >= 0.3 is 0 Å². The number of nitro benzene ring substituents is 2. The molecule has 0 unspecified atom stereocenters. The summed E-state index contributed by atoms with van der Waals surface area (Å²) in [7, 11) is 0. The van der Waals surface area contributed by atoms with E-state index in [1.54, 1.807) is 36.4 Å². The number of para-hydroxylation sites is 2. The topological polar surface area (TPSA) is 141 Å². The first-order valence-corrected chi connectivity index (χ1v) is 10.9. The molecule has 0 amide bonds. The zero-order chi connectivity index (χ0) is 21.8. The SMILES string of the molecule is O=[N+]([O-])c1ccccc1CSc1nnc(SCc2ccccc2[N+](=O)[O-])c2[nH]cnc12. The van der Waals surface area contributed by atoms with E-state index in [0.717, 1.165) is 0 Å². The molecule has 1 N–H and O–H groups in total. The number of aromatic amines is 1. The van der Waals surface area contributed by atoms with E-state index in [9.17, 15) is 20.2 Å². The molecule has 2 heterocycles. The number of hydrogen-bond acceptors (Lipinski definition) is 9. The van der Waals surface area contributed by atoms with Gasteiger partial charge in [0.25, 0.3) is 11.4 Å². The van der Waals surface area contributed by atoms with Gasteiger partial charge in [0.15, 0.2) is 0 Å². The van der Waals surface area contributed by atoms with Crippen LogP contribution in [0.2, 0.25) is 0 Å². The number of aromatic nitrogens is 4. The van der Waals surface area contributed by atoms with Crippen LogP contribution in [0.3, 0.4) is 0 Å². The van der Waals surface area contributed by atoms with Gasteiger partial charge in [0, 0.05) is 34.8 Å². The van der Waals surface area contributed by atoms with Gasteiger partial charge in [0.05, 0.1) is 16.2 Å². The van der Waals surface area contributed by atoms with Crippen LogP contribution in [-0.2, 0) is 11.5 Å². The Morgan fingerprint density at radius 3 is 1.90 bits per heavy atom. The molecule has 4 aromatic rings. The lowest BCUT2D eigenvalue weighted by Crippen LogP contribution is -1.96. The Balaban J connectivity index is 1.54. The number of nitro groups is 2. The molecule has 2 aromatic carbocycles. The van der Waals surface area contributed by atoms with Crippen molar-refractivity contribution >= 4 is 45.9 Å². The van der Waals surface area contributed by atoms with Crippen LogP contribution in [0.1, 0.15) is 11.1 Å². The van der Waals surface area contributed by atoms with E-state index in [1.165, 1.54) is 42.0 Å². The van der Waals surface area contributed by atoms with Crippen molar-refractivity contribution in [2.75, 3.05) is 0 Å². The molecule has 2 aromatic heterocycles. The molecule has 10 nitrogen and oxygen atoms in total. The molecule has 12 heteroatoms. The first-order chi connectivity index (χ1) is 15.0. The van der Waals surface area contributed by atoms with Crippen LogP contribution < -0.4 is 0 Å². The highest BCUT2D eigenvalue weighted by Gasteiger charge is 2.18. The predicted octanol–water partition coefficient (Wildman–Crippen LogP) is 4.75. The van der Waals surface area contributed by atoms with Gasteiger partial charge < -0.3 is 4.98 Å². The van der Waals surface area contributed by atoms with Crippen molar-refractivity contribution in [2.24, 2.45) is 0 Å². The Hall–Kier alpha value is -3.51. The fraction of sp³-hybridized carbons (Fsp3) is 0.105. The van der Waals surface area contributed by atoms with Gasteiger partial charge in [-0.25, -0.2) is 4.98 Å². The third kappa shape index (κ3) is 4.49. The first kappa shape index (κ1) is 20.8. The molecule has 0 fully saturated rings. The Morgan fingerprint density at radius 1 is 0.806 bits per heavy atom.